The van der Waals surface area contributed by atoms with Crippen LogP contribution in [0.25, 0.3) is 0 Å². The summed E-state index contributed by atoms with van der Waals surface area (Å²) in [4.78, 5) is 12.3. The van der Waals surface area contributed by atoms with Crippen molar-refractivity contribution >= 4 is 6.09 Å². The molecule has 1 aliphatic carbocycles. The second-order valence-corrected chi connectivity index (χ2v) is 5.49. The van der Waals surface area contributed by atoms with Gasteiger partial charge in [-0.3, -0.25) is 0 Å². The van der Waals surface area contributed by atoms with Gasteiger partial charge in [-0.1, -0.05) is 0 Å². The van der Waals surface area contributed by atoms with E-state index in [0.717, 1.165) is 25.0 Å². The summed E-state index contributed by atoms with van der Waals surface area (Å²) in [5.41, 5.74) is 0. The fourth-order valence-electron chi connectivity index (χ4n) is 3.24. The SMILES string of the molecule is O=C(O)N1CC2CC(Oc3ccc(F)c(F)c3)CC2C1. The maximum Gasteiger partial charge on any atom is 0.407 e. The predicted molar refractivity (Wildman–Crippen MR) is 66.6 cm³/mol. The van der Waals surface area contributed by atoms with E-state index in [0.29, 0.717) is 30.7 Å². The van der Waals surface area contributed by atoms with Gasteiger partial charge in [0.1, 0.15) is 5.75 Å². The topological polar surface area (TPSA) is 49.8 Å². The van der Waals surface area contributed by atoms with E-state index in [2.05, 4.69) is 0 Å². The van der Waals surface area contributed by atoms with Crippen molar-refractivity contribution in [3.63, 3.8) is 0 Å². The van der Waals surface area contributed by atoms with Crippen molar-refractivity contribution in [2.45, 2.75) is 18.9 Å². The highest BCUT2D eigenvalue weighted by atomic mass is 19.2. The molecule has 1 aliphatic heterocycles. The molecule has 0 aromatic heterocycles. The van der Waals surface area contributed by atoms with Gasteiger partial charge in [-0.25, -0.2) is 13.6 Å². The van der Waals surface area contributed by atoms with Crippen LogP contribution in [0.5, 0.6) is 5.75 Å². The molecule has 3 rings (SSSR count). The van der Waals surface area contributed by atoms with Gasteiger partial charge < -0.3 is 14.7 Å². The van der Waals surface area contributed by atoms with E-state index in [-0.39, 0.29) is 6.10 Å². The third kappa shape index (κ3) is 2.42. The quantitative estimate of drug-likeness (QED) is 0.908. The Hall–Kier alpha value is -1.85. The average molecular weight is 283 g/mol. The van der Waals surface area contributed by atoms with E-state index in [9.17, 15) is 13.6 Å². The van der Waals surface area contributed by atoms with E-state index < -0.39 is 17.7 Å². The van der Waals surface area contributed by atoms with Gasteiger partial charge in [0.25, 0.3) is 0 Å². The normalized spacial score (nSPS) is 28.5. The van der Waals surface area contributed by atoms with Crippen molar-refractivity contribution in [3.05, 3.63) is 29.8 Å². The summed E-state index contributed by atoms with van der Waals surface area (Å²) in [5.74, 6) is -0.873. The number of carbonyl (C=O) groups is 1. The average Bonchev–Trinajstić information content (AvgIpc) is 2.91. The lowest BCUT2D eigenvalue weighted by Gasteiger charge is -2.17. The number of amides is 1. The summed E-state index contributed by atoms with van der Waals surface area (Å²) < 4.78 is 31.6. The summed E-state index contributed by atoms with van der Waals surface area (Å²) in [6.07, 6.45) is 0.587. The van der Waals surface area contributed by atoms with E-state index >= 15 is 0 Å². The number of likely N-dealkylation sites (tertiary alicyclic amines) is 1. The van der Waals surface area contributed by atoms with Crippen LogP contribution in [0.2, 0.25) is 0 Å². The molecule has 2 unspecified atom stereocenters. The second-order valence-electron chi connectivity index (χ2n) is 5.49. The minimum absolute atomic E-state index is 0.0502. The summed E-state index contributed by atoms with van der Waals surface area (Å²) in [5, 5.41) is 8.94. The number of ether oxygens (including phenoxy) is 1. The lowest BCUT2D eigenvalue weighted by molar-refractivity contribution is 0.144. The number of hydrogen-bond acceptors (Lipinski definition) is 2. The number of hydrogen-bond donors (Lipinski definition) is 1. The number of carboxylic acid groups (broad SMARTS) is 1. The number of halogens is 2. The Morgan fingerprint density at radius 2 is 1.85 bits per heavy atom. The summed E-state index contributed by atoms with van der Waals surface area (Å²) >= 11 is 0. The van der Waals surface area contributed by atoms with E-state index in [1.807, 2.05) is 0 Å². The minimum atomic E-state index is -0.919. The molecule has 4 nitrogen and oxygen atoms in total. The van der Waals surface area contributed by atoms with Crippen LogP contribution in [0.1, 0.15) is 12.8 Å². The third-order valence-electron chi connectivity index (χ3n) is 4.17. The molecule has 20 heavy (non-hydrogen) atoms. The molecule has 1 amide bonds. The number of benzene rings is 1. The predicted octanol–water partition coefficient (Wildman–Crippen LogP) is 2.73. The molecule has 1 aromatic rings. The fraction of sp³-hybridized carbons (Fsp3) is 0.500. The zero-order valence-electron chi connectivity index (χ0n) is 10.8. The largest absolute Gasteiger partial charge is 0.490 e. The molecule has 6 heteroatoms. The van der Waals surface area contributed by atoms with E-state index in [1.54, 1.807) is 0 Å². The first kappa shape index (κ1) is 13.1. The van der Waals surface area contributed by atoms with Crippen molar-refractivity contribution in [2.75, 3.05) is 13.1 Å². The van der Waals surface area contributed by atoms with E-state index in [1.165, 1.54) is 11.0 Å². The first-order valence-corrected chi connectivity index (χ1v) is 6.62. The van der Waals surface area contributed by atoms with Crippen LogP contribution >= 0.6 is 0 Å². The molecular weight excluding hydrogens is 268 g/mol. The van der Waals surface area contributed by atoms with Crippen molar-refractivity contribution < 1.29 is 23.4 Å². The first-order valence-electron chi connectivity index (χ1n) is 6.62. The first-order chi connectivity index (χ1) is 9.52. The maximum absolute atomic E-state index is 13.1. The number of fused-ring (bicyclic) bond motifs is 1. The van der Waals surface area contributed by atoms with E-state index in [4.69, 9.17) is 9.84 Å². The molecule has 0 bridgehead atoms. The molecule has 1 heterocycles. The van der Waals surface area contributed by atoms with Crippen LogP contribution in [-0.2, 0) is 0 Å². The van der Waals surface area contributed by atoms with Crippen molar-refractivity contribution in [2.24, 2.45) is 11.8 Å². The standard InChI is InChI=1S/C14H15F2NO3/c15-12-2-1-10(5-13(12)16)20-11-3-8-6-17(14(18)19)7-9(8)4-11/h1-2,5,8-9,11H,3-4,6-7H2,(H,18,19). The van der Waals surface area contributed by atoms with Gasteiger partial charge in [-0.05, 0) is 36.8 Å². The van der Waals surface area contributed by atoms with Crippen molar-refractivity contribution in [1.29, 1.82) is 0 Å². The zero-order chi connectivity index (χ0) is 14.3. The van der Waals surface area contributed by atoms with Crippen LogP contribution in [0.3, 0.4) is 0 Å². The van der Waals surface area contributed by atoms with Crippen LogP contribution in [0, 0.1) is 23.5 Å². The molecule has 0 spiro atoms. The Labute approximate surface area is 114 Å². The van der Waals surface area contributed by atoms with Gasteiger partial charge in [0.15, 0.2) is 11.6 Å². The lowest BCUT2D eigenvalue weighted by atomic mass is 10.0. The zero-order valence-corrected chi connectivity index (χ0v) is 10.8. The van der Waals surface area contributed by atoms with Gasteiger partial charge in [0.2, 0.25) is 0 Å². The Bertz CT molecular complexity index is 523. The summed E-state index contributed by atoms with van der Waals surface area (Å²) in [7, 11) is 0. The second kappa shape index (κ2) is 4.92. The summed E-state index contributed by atoms with van der Waals surface area (Å²) in [6, 6.07) is 3.51. The minimum Gasteiger partial charge on any atom is -0.490 e. The highest BCUT2D eigenvalue weighted by Gasteiger charge is 2.43. The molecule has 2 atom stereocenters. The van der Waals surface area contributed by atoms with Crippen molar-refractivity contribution in [1.82, 2.24) is 4.90 Å². The highest BCUT2D eigenvalue weighted by molar-refractivity contribution is 5.65. The molecule has 1 N–H and O–H groups in total. The molecule has 2 fully saturated rings. The molecule has 1 saturated carbocycles. The van der Waals surface area contributed by atoms with Gasteiger partial charge in [0, 0.05) is 19.2 Å². The Morgan fingerprint density at radius 1 is 1.20 bits per heavy atom. The number of nitrogens with zero attached hydrogens (tertiary/aromatic N) is 1. The van der Waals surface area contributed by atoms with Crippen LogP contribution in [0.15, 0.2) is 18.2 Å². The molecule has 0 radical (unpaired) electrons. The highest BCUT2D eigenvalue weighted by Crippen LogP contribution is 2.39. The van der Waals surface area contributed by atoms with Gasteiger partial charge in [-0.2, -0.15) is 0 Å². The molecule has 2 aliphatic rings. The van der Waals surface area contributed by atoms with Crippen LogP contribution in [0.4, 0.5) is 13.6 Å². The van der Waals surface area contributed by atoms with Crippen LogP contribution in [-0.4, -0.2) is 35.3 Å². The molecular formula is C14H15F2NO3. The lowest BCUT2D eigenvalue weighted by Crippen LogP contribution is -2.29. The molecule has 108 valence electrons. The smallest absolute Gasteiger partial charge is 0.407 e. The van der Waals surface area contributed by atoms with Crippen LogP contribution < -0.4 is 4.74 Å². The Morgan fingerprint density at radius 3 is 2.40 bits per heavy atom. The van der Waals surface area contributed by atoms with Crippen molar-refractivity contribution in [3.8, 4) is 5.75 Å². The third-order valence-corrected chi connectivity index (χ3v) is 4.17. The van der Waals surface area contributed by atoms with Gasteiger partial charge in [-0.15, -0.1) is 0 Å². The Balaban J connectivity index is 1.60. The summed E-state index contributed by atoms with van der Waals surface area (Å²) in [6.45, 7) is 1.08. The monoisotopic (exact) mass is 283 g/mol. The maximum atomic E-state index is 13.1. The van der Waals surface area contributed by atoms with Gasteiger partial charge in [0.05, 0.1) is 6.10 Å². The number of rotatable bonds is 2. The fourth-order valence-corrected chi connectivity index (χ4v) is 3.24. The Kier molecular flexibility index (Phi) is 3.23. The molecule has 1 saturated heterocycles. The van der Waals surface area contributed by atoms with Gasteiger partial charge >= 0.3 is 6.09 Å². The molecule has 1 aromatic carbocycles.